The highest BCUT2D eigenvalue weighted by atomic mass is 32.1. The molecule has 27 heavy (non-hydrogen) atoms. The second kappa shape index (κ2) is 8.10. The Balaban J connectivity index is 1.31. The number of ether oxygens (including phenoxy) is 1. The average Bonchev–Trinajstić information content (AvgIpc) is 3.09. The molecular weight excluding hydrogens is 358 g/mol. The molecule has 5 nitrogen and oxygen atoms in total. The first-order valence-electron chi connectivity index (χ1n) is 10.4. The van der Waals surface area contributed by atoms with Crippen LogP contribution < -0.4 is 5.32 Å². The first-order chi connectivity index (χ1) is 13.1. The van der Waals surface area contributed by atoms with Crippen LogP contribution in [0.2, 0.25) is 0 Å². The lowest BCUT2D eigenvalue weighted by Gasteiger charge is -2.56. The van der Waals surface area contributed by atoms with Gasteiger partial charge >= 0.3 is 6.03 Å². The first kappa shape index (κ1) is 19.2. The van der Waals surface area contributed by atoms with Crippen molar-refractivity contribution in [1.82, 2.24) is 15.1 Å². The van der Waals surface area contributed by atoms with Gasteiger partial charge in [-0.25, -0.2) is 4.79 Å². The number of rotatable bonds is 6. The summed E-state index contributed by atoms with van der Waals surface area (Å²) in [4.78, 5) is 18.6. The van der Waals surface area contributed by atoms with Crippen molar-refractivity contribution in [2.45, 2.75) is 38.1 Å². The van der Waals surface area contributed by atoms with E-state index in [1.54, 1.807) is 7.11 Å². The SMILES string of the molecule is COCC1(C2CCC2)CN(C(=O)NCC2CCCN(C)C2c2cccs2)C1. The van der Waals surface area contributed by atoms with Crippen molar-refractivity contribution in [3.8, 4) is 0 Å². The molecule has 3 fully saturated rings. The van der Waals surface area contributed by atoms with Gasteiger partial charge in [0.1, 0.15) is 0 Å². The molecule has 1 aromatic rings. The topological polar surface area (TPSA) is 44.8 Å². The van der Waals surface area contributed by atoms with E-state index in [-0.39, 0.29) is 11.4 Å². The van der Waals surface area contributed by atoms with Crippen LogP contribution in [0.25, 0.3) is 0 Å². The largest absolute Gasteiger partial charge is 0.384 e. The third kappa shape index (κ3) is 3.76. The van der Waals surface area contributed by atoms with E-state index in [4.69, 9.17) is 4.74 Å². The number of piperidine rings is 1. The van der Waals surface area contributed by atoms with E-state index in [9.17, 15) is 4.79 Å². The van der Waals surface area contributed by atoms with E-state index in [1.807, 2.05) is 16.2 Å². The maximum atomic E-state index is 12.7. The van der Waals surface area contributed by atoms with Crippen molar-refractivity contribution in [3.05, 3.63) is 22.4 Å². The van der Waals surface area contributed by atoms with E-state index in [1.165, 1.54) is 37.0 Å². The highest BCUT2D eigenvalue weighted by Crippen LogP contribution is 2.48. The Morgan fingerprint density at radius 2 is 2.15 bits per heavy atom. The van der Waals surface area contributed by atoms with Crippen molar-refractivity contribution in [2.75, 3.05) is 46.9 Å². The highest BCUT2D eigenvalue weighted by molar-refractivity contribution is 7.10. The molecule has 0 aromatic carbocycles. The summed E-state index contributed by atoms with van der Waals surface area (Å²) in [7, 11) is 4.00. The van der Waals surface area contributed by atoms with E-state index < -0.39 is 0 Å². The van der Waals surface area contributed by atoms with Crippen LogP contribution in [0.15, 0.2) is 17.5 Å². The lowest BCUT2D eigenvalue weighted by atomic mass is 9.61. The van der Waals surface area contributed by atoms with Gasteiger partial charge in [-0.1, -0.05) is 12.5 Å². The lowest BCUT2D eigenvalue weighted by Crippen LogP contribution is -2.66. The Bertz CT molecular complexity index is 625. The molecule has 2 saturated heterocycles. The number of carbonyl (C=O) groups excluding carboxylic acids is 1. The van der Waals surface area contributed by atoms with Crippen molar-refractivity contribution < 1.29 is 9.53 Å². The summed E-state index contributed by atoms with van der Waals surface area (Å²) in [6.07, 6.45) is 6.33. The van der Waals surface area contributed by atoms with Crippen LogP contribution in [0, 0.1) is 17.3 Å². The minimum absolute atomic E-state index is 0.110. The number of hydrogen-bond donors (Lipinski definition) is 1. The molecule has 2 aliphatic heterocycles. The third-order valence-corrected chi connectivity index (χ3v) is 8.00. The van der Waals surface area contributed by atoms with Gasteiger partial charge in [-0.05, 0) is 62.6 Å². The molecule has 1 aliphatic carbocycles. The minimum Gasteiger partial charge on any atom is -0.384 e. The number of likely N-dealkylation sites (tertiary alicyclic amines) is 2. The number of urea groups is 1. The molecule has 2 unspecified atom stereocenters. The molecule has 2 atom stereocenters. The number of amides is 2. The average molecular weight is 392 g/mol. The van der Waals surface area contributed by atoms with Crippen molar-refractivity contribution >= 4 is 17.4 Å². The fourth-order valence-corrected chi connectivity index (χ4v) is 6.33. The Kier molecular flexibility index (Phi) is 5.76. The number of methoxy groups -OCH3 is 1. The summed E-state index contributed by atoms with van der Waals surface area (Å²) in [5.41, 5.74) is 0.217. The lowest BCUT2D eigenvalue weighted by molar-refractivity contribution is -0.0940. The zero-order chi connectivity index (χ0) is 18.9. The van der Waals surface area contributed by atoms with Gasteiger partial charge in [0.2, 0.25) is 0 Å². The quantitative estimate of drug-likeness (QED) is 0.806. The molecule has 1 saturated carbocycles. The van der Waals surface area contributed by atoms with Crippen molar-refractivity contribution in [3.63, 3.8) is 0 Å². The molecule has 150 valence electrons. The van der Waals surface area contributed by atoms with E-state index in [2.05, 4.69) is 34.8 Å². The number of hydrogen-bond acceptors (Lipinski definition) is 4. The molecule has 0 spiro atoms. The van der Waals surface area contributed by atoms with Crippen LogP contribution in [-0.4, -0.2) is 62.8 Å². The summed E-state index contributed by atoms with van der Waals surface area (Å²) in [5.74, 6) is 1.24. The second-order valence-electron chi connectivity index (χ2n) is 8.81. The Morgan fingerprint density at radius 3 is 2.78 bits per heavy atom. The Labute approximate surface area is 167 Å². The van der Waals surface area contributed by atoms with Gasteiger partial charge in [0.25, 0.3) is 0 Å². The van der Waals surface area contributed by atoms with Crippen molar-refractivity contribution in [2.24, 2.45) is 17.3 Å². The zero-order valence-electron chi connectivity index (χ0n) is 16.7. The van der Waals surface area contributed by atoms with Crippen LogP contribution >= 0.6 is 11.3 Å². The van der Waals surface area contributed by atoms with Crippen LogP contribution in [0.5, 0.6) is 0 Å². The number of thiophene rings is 1. The maximum Gasteiger partial charge on any atom is 0.317 e. The fourth-order valence-electron chi connectivity index (χ4n) is 5.35. The molecule has 0 bridgehead atoms. The minimum atomic E-state index is 0.110. The molecule has 3 heterocycles. The van der Waals surface area contributed by atoms with Gasteiger partial charge in [0, 0.05) is 43.1 Å². The number of nitrogens with one attached hydrogen (secondary N) is 1. The Hall–Kier alpha value is -1.11. The smallest absolute Gasteiger partial charge is 0.317 e. The molecule has 1 N–H and O–H groups in total. The van der Waals surface area contributed by atoms with Crippen LogP contribution in [0.1, 0.15) is 43.0 Å². The monoisotopic (exact) mass is 391 g/mol. The predicted molar refractivity (Wildman–Crippen MR) is 109 cm³/mol. The molecular formula is C21H33N3O2S. The van der Waals surface area contributed by atoms with Gasteiger partial charge in [0.05, 0.1) is 6.61 Å². The summed E-state index contributed by atoms with van der Waals surface area (Å²) in [5, 5.41) is 5.40. The van der Waals surface area contributed by atoms with Crippen LogP contribution in [0.3, 0.4) is 0 Å². The number of carbonyl (C=O) groups is 1. The normalized spacial score (nSPS) is 28.4. The molecule has 6 heteroatoms. The van der Waals surface area contributed by atoms with Gasteiger partial charge < -0.3 is 15.0 Å². The number of nitrogens with zero attached hydrogens (tertiary/aromatic N) is 2. The van der Waals surface area contributed by atoms with Gasteiger partial charge in [-0.15, -0.1) is 11.3 Å². The van der Waals surface area contributed by atoms with Gasteiger partial charge in [-0.3, -0.25) is 4.90 Å². The summed E-state index contributed by atoms with van der Waals surface area (Å²) >= 11 is 1.83. The summed E-state index contributed by atoms with van der Waals surface area (Å²) in [6, 6.07) is 4.91. The molecule has 3 aliphatic rings. The highest BCUT2D eigenvalue weighted by Gasteiger charge is 2.52. The second-order valence-corrected chi connectivity index (χ2v) is 9.79. The van der Waals surface area contributed by atoms with E-state index in [0.29, 0.717) is 12.0 Å². The van der Waals surface area contributed by atoms with Gasteiger partial charge in [-0.2, -0.15) is 0 Å². The maximum absolute atomic E-state index is 12.7. The molecule has 1 aromatic heterocycles. The Morgan fingerprint density at radius 1 is 1.33 bits per heavy atom. The fraction of sp³-hybridized carbons (Fsp3) is 0.762. The first-order valence-corrected chi connectivity index (χ1v) is 11.3. The molecule has 4 rings (SSSR count). The summed E-state index contributed by atoms with van der Waals surface area (Å²) < 4.78 is 5.49. The summed E-state index contributed by atoms with van der Waals surface area (Å²) in [6.45, 7) is 4.41. The molecule has 0 radical (unpaired) electrons. The van der Waals surface area contributed by atoms with E-state index >= 15 is 0 Å². The third-order valence-electron chi connectivity index (χ3n) is 7.06. The molecule has 2 amide bonds. The van der Waals surface area contributed by atoms with Crippen LogP contribution in [-0.2, 0) is 4.74 Å². The van der Waals surface area contributed by atoms with Gasteiger partial charge in [0.15, 0.2) is 0 Å². The van der Waals surface area contributed by atoms with E-state index in [0.717, 1.165) is 38.7 Å². The zero-order valence-corrected chi connectivity index (χ0v) is 17.5. The standard InChI is InChI=1S/C21H33N3O2S/c1-23-10-4-6-16(19(23)18-9-5-11-27-18)12-22-20(25)24-13-21(14-24,15-26-2)17-7-3-8-17/h5,9,11,16-17,19H,3-4,6-8,10,12-15H2,1-2H3,(H,22,25). The van der Waals surface area contributed by atoms with Crippen molar-refractivity contribution in [1.29, 1.82) is 0 Å². The van der Waals surface area contributed by atoms with Crippen LogP contribution in [0.4, 0.5) is 4.79 Å². The predicted octanol–water partition coefficient (Wildman–Crippen LogP) is 3.59.